The SMILES string of the molecule is COC(=O)C(Nc1ccc(OC)cc1)C1CCCC1. The monoisotopic (exact) mass is 263 g/mol. The summed E-state index contributed by atoms with van der Waals surface area (Å²) in [6.07, 6.45) is 4.57. The number of anilines is 1. The molecule has 0 amide bonds. The van der Waals surface area contributed by atoms with E-state index in [-0.39, 0.29) is 12.0 Å². The van der Waals surface area contributed by atoms with Gasteiger partial charge in [0, 0.05) is 5.69 Å². The van der Waals surface area contributed by atoms with Crippen molar-refractivity contribution in [2.24, 2.45) is 5.92 Å². The predicted octanol–water partition coefficient (Wildman–Crippen LogP) is 2.84. The van der Waals surface area contributed by atoms with E-state index in [1.807, 2.05) is 24.3 Å². The van der Waals surface area contributed by atoms with E-state index in [1.165, 1.54) is 20.0 Å². The first-order valence-electron chi connectivity index (χ1n) is 6.73. The molecule has 104 valence electrons. The van der Waals surface area contributed by atoms with E-state index in [1.54, 1.807) is 7.11 Å². The highest BCUT2D eigenvalue weighted by molar-refractivity contribution is 5.79. The molecule has 4 heteroatoms. The molecule has 1 aromatic rings. The molecular formula is C15H21NO3. The van der Waals surface area contributed by atoms with E-state index in [0.29, 0.717) is 5.92 Å². The third-order valence-electron chi connectivity index (χ3n) is 3.74. The van der Waals surface area contributed by atoms with Gasteiger partial charge in [-0.2, -0.15) is 0 Å². The molecule has 1 saturated carbocycles. The van der Waals surface area contributed by atoms with Crippen molar-refractivity contribution in [3.63, 3.8) is 0 Å². The van der Waals surface area contributed by atoms with Crippen LogP contribution >= 0.6 is 0 Å². The zero-order valence-corrected chi connectivity index (χ0v) is 11.5. The molecule has 0 saturated heterocycles. The van der Waals surface area contributed by atoms with E-state index in [0.717, 1.165) is 24.3 Å². The number of rotatable bonds is 5. The van der Waals surface area contributed by atoms with Gasteiger partial charge in [0.15, 0.2) is 0 Å². The number of hydrogen-bond donors (Lipinski definition) is 1. The molecular weight excluding hydrogens is 242 g/mol. The Morgan fingerprint density at radius 2 is 1.84 bits per heavy atom. The molecule has 1 aliphatic carbocycles. The maximum atomic E-state index is 11.9. The normalized spacial score (nSPS) is 16.9. The van der Waals surface area contributed by atoms with Gasteiger partial charge in [0.1, 0.15) is 11.8 Å². The predicted molar refractivity (Wildman–Crippen MR) is 74.4 cm³/mol. The Morgan fingerprint density at radius 3 is 2.37 bits per heavy atom. The first-order valence-corrected chi connectivity index (χ1v) is 6.73. The third kappa shape index (κ3) is 3.40. The van der Waals surface area contributed by atoms with Crippen LogP contribution in [-0.2, 0) is 9.53 Å². The lowest BCUT2D eigenvalue weighted by Gasteiger charge is -2.23. The molecule has 0 spiro atoms. The Morgan fingerprint density at radius 1 is 1.21 bits per heavy atom. The molecule has 0 bridgehead atoms. The van der Waals surface area contributed by atoms with Crippen LogP contribution in [0.25, 0.3) is 0 Å². The zero-order valence-electron chi connectivity index (χ0n) is 11.5. The Labute approximate surface area is 114 Å². The Kier molecular flexibility index (Phi) is 4.66. The number of carbonyl (C=O) groups is 1. The molecule has 1 atom stereocenters. The van der Waals surface area contributed by atoms with E-state index in [2.05, 4.69) is 5.32 Å². The molecule has 1 N–H and O–H groups in total. The van der Waals surface area contributed by atoms with Crippen LogP contribution in [0.1, 0.15) is 25.7 Å². The second-order valence-electron chi connectivity index (χ2n) is 4.92. The fourth-order valence-electron chi connectivity index (χ4n) is 2.65. The molecule has 19 heavy (non-hydrogen) atoms. The number of ether oxygens (including phenoxy) is 2. The molecule has 1 unspecified atom stereocenters. The van der Waals surface area contributed by atoms with Gasteiger partial charge >= 0.3 is 5.97 Å². The van der Waals surface area contributed by atoms with Gasteiger partial charge in [-0.1, -0.05) is 12.8 Å². The second-order valence-corrected chi connectivity index (χ2v) is 4.92. The lowest BCUT2D eigenvalue weighted by Crippen LogP contribution is -2.36. The van der Waals surface area contributed by atoms with Gasteiger partial charge in [-0.25, -0.2) is 4.79 Å². The minimum atomic E-state index is -0.249. The van der Waals surface area contributed by atoms with Crippen molar-refractivity contribution in [3.05, 3.63) is 24.3 Å². The van der Waals surface area contributed by atoms with Crippen LogP contribution in [-0.4, -0.2) is 26.2 Å². The standard InChI is InChI=1S/C15H21NO3/c1-18-13-9-7-12(8-10-13)16-14(15(17)19-2)11-5-3-4-6-11/h7-11,14,16H,3-6H2,1-2H3. The van der Waals surface area contributed by atoms with Crippen molar-refractivity contribution in [2.75, 3.05) is 19.5 Å². The molecule has 0 aromatic heterocycles. The van der Waals surface area contributed by atoms with E-state index < -0.39 is 0 Å². The van der Waals surface area contributed by atoms with E-state index in [9.17, 15) is 4.79 Å². The quantitative estimate of drug-likeness (QED) is 0.830. The summed E-state index contributed by atoms with van der Waals surface area (Å²) in [5, 5.41) is 3.29. The van der Waals surface area contributed by atoms with Crippen molar-refractivity contribution in [2.45, 2.75) is 31.7 Å². The summed E-state index contributed by atoms with van der Waals surface area (Å²) in [5.41, 5.74) is 0.920. The van der Waals surface area contributed by atoms with Crippen LogP contribution in [0.2, 0.25) is 0 Å². The Bertz CT molecular complexity index is 410. The number of esters is 1. The molecule has 4 nitrogen and oxygen atoms in total. The van der Waals surface area contributed by atoms with Crippen LogP contribution in [0.15, 0.2) is 24.3 Å². The lowest BCUT2D eigenvalue weighted by molar-refractivity contribution is -0.142. The summed E-state index contributed by atoms with van der Waals surface area (Å²) in [6.45, 7) is 0. The highest BCUT2D eigenvalue weighted by Gasteiger charge is 2.31. The topological polar surface area (TPSA) is 47.6 Å². The second kappa shape index (κ2) is 6.45. The van der Waals surface area contributed by atoms with Crippen LogP contribution < -0.4 is 10.1 Å². The molecule has 1 aromatic carbocycles. The summed E-state index contributed by atoms with van der Waals surface area (Å²) in [6, 6.07) is 7.35. The Balaban J connectivity index is 2.07. The summed E-state index contributed by atoms with van der Waals surface area (Å²) < 4.78 is 10.0. The van der Waals surface area contributed by atoms with Gasteiger partial charge in [-0.05, 0) is 43.0 Å². The van der Waals surface area contributed by atoms with Gasteiger partial charge < -0.3 is 14.8 Å². The van der Waals surface area contributed by atoms with Crippen molar-refractivity contribution >= 4 is 11.7 Å². The maximum Gasteiger partial charge on any atom is 0.328 e. The van der Waals surface area contributed by atoms with Crippen molar-refractivity contribution in [1.82, 2.24) is 0 Å². The zero-order chi connectivity index (χ0) is 13.7. The Hall–Kier alpha value is -1.71. The van der Waals surface area contributed by atoms with Gasteiger partial charge in [0.05, 0.1) is 14.2 Å². The number of benzene rings is 1. The minimum Gasteiger partial charge on any atom is -0.497 e. The van der Waals surface area contributed by atoms with Gasteiger partial charge in [0.25, 0.3) is 0 Å². The summed E-state index contributed by atoms with van der Waals surface area (Å²) in [7, 11) is 3.08. The molecule has 1 aliphatic rings. The minimum absolute atomic E-state index is 0.178. The molecule has 0 aliphatic heterocycles. The van der Waals surface area contributed by atoms with Crippen molar-refractivity contribution in [3.8, 4) is 5.75 Å². The van der Waals surface area contributed by atoms with Crippen LogP contribution in [0.5, 0.6) is 5.75 Å². The van der Waals surface area contributed by atoms with Crippen LogP contribution in [0.4, 0.5) is 5.69 Å². The number of nitrogens with one attached hydrogen (secondary N) is 1. The molecule has 2 rings (SSSR count). The van der Waals surface area contributed by atoms with Gasteiger partial charge in [-0.15, -0.1) is 0 Å². The molecule has 0 heterocycles. The van der Waals surface area contributed by atoms with E-state index >= 15 is 0 Å². The fraction of sp³-hybridized carbons (Fsp3) is 0.533. The first-order chi connectivity index (χ1) is 9.24. The van der Waals surface area contributed by atoms with E-state index in [4.69, 9.17) is 9.47 Å². The lowest BCUT2D eigenvalue weighted by atomic mass is 9.98. The van der Waals surface area contributed by atoms with Crippen LogP contribution in [0.3, 0.4) is 0 Å². The maximum absolute atomic E-state index is 11.9. The molecule has 0 radical (unpaired) electrons. The highest BCUT2D eigenvalue weighted by atomic mass is 16.5. The van der Waals surface area contributed by atoms with Crippen molar-refractivity contribution in [1.29, 1.82) is 0 Å². The smallest absolute Gasteiger partial charge is 0.328 e. The number of methoxy groups -OCH3 is 2. The fourth-order valence-corrected chi connectivity index (χ4v) is 2.65. The largest absolute Gasteiger partial charge is 0.497 e. The summed E-state index contributed by atoms with van der Waals surface area (Å²) in [5.74, 6) is 0.998. The van der Waals surface area contributed by atoms with Crippen LogP contribution in [0, 0.1) is 5.92 Å². The first kappa shape index (κ1) is 13.7. The average molecular weight is 263 g/mol. The number of carbonyl (C=O) groups excluding carboxylic acids is 1. The summed E-state index contributed by atoms with van der Waals surface area (Å²) >= 11 is 0. The highest BCUT2D eigenvalue weighted by Crippen LogP contribution is 2.30. The van der Waals surface area contributed by atoms with Gasteiger partial charge in [-0.3, -0.25) is 0 Å². The van der Waals surface area contributed by atoms with Crippen molar-refractivity contribution < 1.29 is 14.3 Å². The average Bonchev–Trinajstić information content (AvgIpc) is 2.98. The summed E-state index contributed by atoms with van der Waals surface area (Å²) in [4.78, 5) is 11.9. The van der Waals surface area contributed by atoms with Gasteiger partial charge in [0.2, 0.25) is 0 Å². The molecule has 1 fully saturated rings. The third-order valence-corrected chi connectivity index (χ3v) is 3.74. The number of hydrogen-bond acceptors (Lipinski definition) is 4.